The molecule has 0 amide bonds. The molecule has 0 bridgehead atoms. The normalized spacial score (nSPS) is 12.1. The van der Waals surface area contributed by atoms with Crippen LogP contribution in [0, 0.1) is 0 Å². The standard InChI is InChI=1S/C17H20N2O3/c1-19(11-8-13-6-9-18-10-7-13)16(17(21)22-2)14-4-3-5-15(20)12-14/h3-7,9-10,12,16,20H,8,11H2,1-2H3/t16-/m0/s1. The molecule has 2 rings (SSSR count). The number of aromatic nitrogens is 1. The van der Waals surface area contributed by atoms with Gasteiger partial charge in [-0.3, -0.25) is 9.88 Å². The minimum absolute atomic E-state index is 0.133. The van der Waals surface area contributed by atoms with Crippen LogP contribution in [0.5, 0.6) is 5.75 Å². The van der Waals surface area contributed by atoms with Gasteiger partial charge in [-0.15, -0.1) is 0 Å². The molecular formula is C17H20N2O3. The van der Waals surface area contributed by atoms with Crippen LogP contribution in [-0.4, -0.2) is 41.7 Å². The second-order valence-corrected chi connectivity index (χ2v) is 5.11. The van der Waals surface area contributed by atoms with E-state index < -0.39 is 6.04 Å². The van der Waals surface area contributed by atoms with Crippen molar-refractivity contribution >= 4 is 5.97 Å². The van der Waals surface area contributed by atoms with Gasteiger partial charge in [0.2, 0.25) is 0 Å². The zero-order valence-electron chi connectivity index (χ0n) is 12.8. The highest BCUT2D eigenvalue weighted by Gasteiger charge is 2.26. The molecule has 0 aliphatic heterocycles. The lowest BCUT2D eigenvalue weighted by molar-refractivity contribution is -0.146. The number of nitrogens with zero attached hydrogens (tertiary/aromatic N) is 2. The molecule has 1 aromatic carbocycles. The van der Waals surface area contributed by atoms with Gasteiger partial charge in [-0.25, -0.2) is 4.79 Å². The molecule has 1 aromatic heterocycles. The summed E-state index contributed by atoms with van der Waals surface area (Å²) in [6.45, 7) is 0.680. The summed E-state index contributed by atoms with van der Waals surface area (Å²) < 4.78 is 4.91. The van der Waals surface area contributed by atoms with Crippen molar-refractivity contribution in [1.82, 2.24) is 9.88 Å². The van der Waals surface area contributed by atoms with Gasteiger partial charge in [0.05, 0.1) is 7.11 Å². The molecule has 0 unspecified atom stereocenters. The van der Waals surface area contributed by atoms with Crippen LogP contribution in [0.2, 0.25) is 0 Å². The third-order valence-electron chi connectivity index (χ3n) is 3.55. The zero-order chi connectivity index (χ0) is 15.9. The fraction of sp³-hybridized carbons (Fsp3) is 0.294. The van der Waals surface area contributed by atoms with Crippen molar-refractivity contribution in [2.75, 3.05) is 20.7 Å². The first-order valence-electron chi connectivity index (χ1n) is 7.07. The summed E-state index contributed by atoms with van der Waals surface area (Å²) in [5.41, 5.74) is 1.87. The Balaban J connectivity index is 2.13. The predicted molar refractivity (Wildman–Crippen MR) is 83.4 cm³/mol. The Bertz CT molecular complexity index is 616. The maximum Gasteiger partial charge on any atom is 0.327 e. The maximum atomic E-state index is 12.1. The molecule has 5 heteroatoms. The number of esters is 1. The smallest absolute Gasteiger partial charge is 0.327 e. The molecule has 0 aliphatic rings. The first-order chi connectivity index (χ1) is 10.6. The molecular weight excluding hydrogens is 280 g/mol. The summed E-state index contributed by atoms with van der Waals surface area (Å²) in [5, 5.41) is 9.63. The lowest BCUT2D eigenvalue weighted by Gasteiger charge is -2.26. The Morgan fingerprint density at radius 3 is 2.68 bits per heavy atom. The molecule has 5 nitrogen and oxygen atoms in total. The SMILES string of the molecule is COC(=O)[C@H](c1cccc(O)c1)N(C)CCc1ccncc1. The molecule has 22 heavy (non-hydrogen) atoms. The van der Waals surface area contributed by atoms with Gasteiger partial charge in [-0.1, -0.05) is 12.1 Å². The van der Waals surface area contributed by atoms with Crippen LogP contribution in [0.25, 0.3) is 0 Å². The zero-order valence-corrected chi connectivity index (χ0v) is 12.8. The van der Waals surface area contributed by atoms with Crippen LogP contribution < -0.4 is 0 Å². The van der Waals surface area contributed by atoms with Gasteiger partial charge in [0.1, 0.15) is 11.8 Å². The Morgan fingerprint density at radius 2 is 2.05 bits per heavy atom. The Labute approximate surface area is 130 Å². The number of pyridine rings is 1. The highest BCUT2D eigenvalue weighted by Crippen LogP contribution is 2.24. The number of aromatic hydroxyl groups is 1. The molecule has 1 N–H and O–H groups in total. The number of carbonyl (C=O) groups excluding carboxylic acids is 1. The van der Waals surface area contributed by atoms with Crippen LogP contribution in [0.4, 0.5) is 0 Å². The minimum atomic E-state index is -0.543. The number of rotatable bonds is 6. The van der Waals surface area contributed by atoms with Gasteiger partial charge in [0.15, 0.2) is 0 Å². The number of ether oxygens (including phenoxy) is 1. The van der Waals surface area contributed by atoms with Gasteiger partial charge in [0.25, 0.3) is 0 Å². The topological polar surface area (TPSA) is 62.7 Å². The van der Waals surface area contributed by atoms with E-state index in [9.17, 15) is 9.90 Å². The van der Waals surface area contributed by atoms with Crippen LogP contribution in [0.1, 0.15) is 17.2 Å². The summed E-state index contributed by atoms with van der Waals surface area (Å²) in [7, 11) is 3.24. The van der Waals surface area contributed by atoms with E-state index in [0.29, 0.717) is 12.1 Å². The van der Waals surface area contributed by atoms with E-state index in [2.05, 4.69) is 4.98 Å². The van der Waals surface area contributed by atoms with Crippen molar-refractivity contribution in [2.24, 2.45) is 0 Å². The molecule has 0 saturated carbocycles. The van der Waals surface area contributed by atoms with E-state index in [1.807, 2.05) is 30.1 Å². The number of phenolic OH excluding ortho intramolecular Hbond substituents is 1. The number of hydrogen-bond donors (Lipinski definition) is 1. The number of carbonyl (C=O) groups is 1. The summed E-state index contributed by atoms with van der Waals surface area (Å²) >= 11 is 0. The second kappa shape index (κ2) is 7.56. The Kier molecular flexibility index (Phi) is 5.49. The molecule has 0 spiro atoms. The average molecular weight is 300 g/mol. The Hall–Kier alpha value is -2.40. The quantitative estimate of drug-likeness (QED) is 0.828. The summed E-state index contributed by atoms with van der Waals surface area (Å²) in [5.74, 6) is -0.211. The predicted octanol–water partition coefficient (Wildman–Crippen LogP) is 2.18. The molecule has 116 valence electrons. The largest absolute Gasteiger partial charge is 0.508 e. The van der Waals surface area contributed by atoms with E-state index >= 15 is 0 Å². The fourth-order valence-corrected chi connectivity index (χ4v) is 2.36. The molecule has 0 fully saturated rings. The first kappa shape index (κ1) is 16.0. The molecule has 0 radical (unpaired) electrons. The van der Waals surface area contributed by atoms with Crippen molar-refractivity contribution < 1.29 is 14.6 Å². The number of phenols is 1. The van der Waals surface area contributed by atoms with Crippen LogP contribution in [-0.2, 0) is 16.0 Å². The summed E-state index contributed by atoms with van der Waals surface area (Å²) in [4.78, 5) is 18.0. The van der Waals surface area contributed by atoms with Gasteiger partial charge < -0.3 is 9.84 Å². The van der Waals surface area contributed by atoms with Crippen LogP contribution >= 0.6 is 0 Å². The minimum Gasteiger partial charge on any atom is -0.508 e. The lowest BCUT2D eigenvalue weighted by Crippen LogP contribution is -2.33. The van der Waals surface area contributed by atoms with E-state index in [-0.39, 0.29) is 11.7 Å². The molecule has 0 saturated heterocycles. The number of methoxy groups -OCH3 is 1. The third-order valence-corrected chi connectivity index (χ3v) is 3.55. The highest BCUT2D eigenvalue weighted by molar-refractivity contribution is 5.77. The lowest BCUT2D eigenvalue weighted by atomic mass is 10.0. The Morgan fingerprint density at radius 1 is 1.32 bits per heavy atom. The van der Waals surface area contributed by atoms with Crippen molar-refractivity contribution in [1.29, 1.82) is 0 Å². The van der Waals surface area contributed by atoms with Gasteiger partial charge in [-0.2, -0.15) is 0 Å². The van der Waals surface area contributed by atoms with Gasteiger partial charge in [-0.05, 0) is 48.9 Å². The number of hydrogen-bond acceptors (Lipinski definition) is 5. The van der Waals surface area contributed by atoms with Crippen molar-refractivity contribution in [3.8, 4) is 5.75 Å². The average Bonchev–Trinajstić information content (AvgIpc) is 2.54. The van der Waals surface area contributed by atoms with Crippen LogP contribution in [0.15, 0.2) is 48.8 Å². The monoisotopic (exact) mass is 300 g/mol. The highest BCUT2D eigenvalue weighted by atomic mass is 16.5. The van der Waals surface area contributed by atoms with Gasteiger partial charge >= 0.3 is 5.97 Å². The number of benzene rings is 1. The summed E-state index contributed by atoms with van der Waals surface area (Å²) in [6.07, 6.45) is 4.30. The molecule has 1 atom stereocenters. The van der Waals surface area contributed by atoms with Crippen molar-refractivity contribution in [3.05, 3.63) is 59.9 Å². The first-order valence-corrected chi connectivity index (χ1v) is 7.07. The molecule has 1 heterocycles. The molecule has 2 aromatic rings. The van der Waals surface area contributed by atoms with Gasteiger partial charge in [0, 0.05) is 18.9 Å². The second-order valence-electron chi connectivity index (χ2n) is 5.11. The third kappa shape index (κ3) is 4.05. The van der Waals surface area contributed by atoms with E-state index in [0.717, 1.165) is 12.0 Å². The van der Waals surface area contributed by atoms with E-state index in [4.69, 9.17) is 4.74 Å². The van der Waals surface area contributed by atoms with Crippen molar-refractivity contribution in [2.45, 2.75) is 12.5 Å². The van der Waals surface area contributed by atoms with Crippen molar-refractivity contribution in [3.63, 3.8) is 0 Å². The number of likely N-dealkylation sites (N-methyl/N-ethyl adjacent to an activating group) is 1. The fourth-order valence-electron chi connectivity index (χ4n) is 2.36. The maximum absolute atomic E-state index is 12.1. The van der Waals surface area contributed by atoms with E-state index in [1.54, 1.807) is 30.6 Å². The summed E-state index contributed by atoms with van der Waals surface area (Å²) in [6, 6.07) is 10.1. The van der Waals surface area contributed by atoms with E-state index in [1.165, 1.54) is 7.11 Å². The van der Waals surface area contributed by atoms with Crippen LogP contribution in [0.3, 0.4) is 0 Å². The molecule has 0 aliphatic carbocycles.